The van der Waals surface area contributed by atoms with Crippen LogP contribution in [0.2, 0.25) is 0 Å². The molecule has 0 atom stereocenters. The van der Waals surface area contributed by atoms with Crippen LogP contribution in [0, 0.1) is 0 Å². The quantitative estimate of drug-likeness (QED) is 0.741. The van der Waals surface area contributed by atoms with Crippen LogP contribution in [0.5, 0.6) is 0 Å². The van der Waals surface area contributed by atoms with Crippen LogP contribution in [0.4, 0.5) is 11.5 Å². The molecule has 3 heterocycles. The molecule has 1 aliphatic rings. The minimum absolute atomic E-state index is 0.635. The molecule has 2 aromatic heterocycles. The highest BCUT2D eigenvalue weighted by molar-refractivity contribution is 9.10. The summed E-state index contributed by atoms with van der Waals surface area (Å²) in [4.78, 5) is 11.8. The van der Waals surface area contributed by atoms with Crippen LogP contribution in [0.15, 0.2) is 23.2 Å². The fourth-order valence-corrected chi connectivity index (χ4v) is 2.35. The number of H-pyrrole nitrogens is 1. The Labute approximate surface area is 107 Å². The summed E-state index contributed by atoms with van der Waals surface area (Å²) in [6.45, 7) is 1.79. The van der Waals surface area contributed by atoms with Gasteiger partial charge in [-0.2, -0.15) is 0 Å². The number of hydrogen-bond acceptors (Lipinski definition) is 4. The second-order valence-electron chi connectivity index (χ2n) is 3.92. The van der Waals surface area contributed by atoms with Gasteiger partial charge in [0.1, 0.15) is 5.82 Å². The van der Waals surface area contributed by atoms with Crippen LogP contribution < -0.4 is 10.6 Å². The molecule has 0 radical (unpaired) electrons. The number of nitrogens with one attached hydrogen (secondary N) is 3. The van der Waals surface area contributed by atoms with Crippen LogP contribution in [-0.4, -0.2) is 21.5 Å². The summed E-state index contributed by atoms with van der Waals surface area (Å²) in [6.07, 6.45) is 4.72. The van der Waals surface area contributed by atoms with Crippen molar-refractivity contribution < 1.29 is 0 Å². The van der Waals surface area contributed by atoms with Gasteiger partial charge in [0.15, 0.2) is 4.73 Å². The third kappa shape index (κ3) is 2.18. The first-order chi connectivity index (χ1) is 8.33. The summed E-state index contributed by atoms with van der Waals surface area (Å²) in [7, 11) is 0. The fraction of sp³-hybridized carbons (Fsp3) is 0.273. The van der Waals surface area contributed by atoms with Crippen molar-refractivity contribution in [1.82, 2.24) is 20.3 Å². The molecule has 2 aromatic rings. The van der Waals surface area contributed by atoms with E-state index in [2.05, 4.69) is 41.5 Å². The van der Waals surface area contributed by atoms with Crippen molar-refractivity contribution in [3.05, 3.63) is 34.5 Å². The Morgan fingerprint density at radius 1 is 1.35 bits per heavy atom. The van der Waals surface area contributed by atoms with E-state index in [1.165, 1.54) is 0 Å². The van der Waals surface area contributed by atoms with E-state index in [1.807, 2.05) is 18.5 Å². The van der Waals surface area contributed by atoms with Gasteiger partial charge in [0.2, 0.25) is 0 Å². The normalized spacial score (nSPS) is 14.4. The lowest BCUT2D eigenvalue weighted by Crippen LogP contribution is -2.26. The maximum atomic E-state index is 4.42. The number of hydrogen-bond donors (Lipinski definition) is 3. The number of fused-ring (bicyclic) bond motifs is 1. The van der Waals surface area contributed by atoms with E-state index in [0.29, 0.717) is 4.73 Å². The van der Waals surface area contributed by atoms with Crippen molar-refractivity contribution in [2.45, 2.75) is 13.0 Å². The van der Waals surface area contributed by atoms with Gasteiger partial charge in [0.25, 0.3) is 0 Å². The van der Waals surface area contributed by atoms with E-state index < -0.39 is 0 Å². The van der Waals surface area contributed by atoms with Crippen LogP contribution in [0.1, 0.15) is 11.3 Å². The highest BCUT2D eigenvalue weighted by Gasteiger charge is 2.16. The molecule has 3 N–H and O–H groups in total. The first kappa shape index (κ1) is 10.7. The zero-order chi connectivity index (χ0) is 11.7. The highest BCUT2D eigenvalue weighted by Crippen LogP contribution is 2.24. The molecule has 17 heavy (non-hydrogen) atoms. The lowest BCUT2D eigenvalue weighted by atomic mass is 10.1. The van der Waals surface area contributed by atoms with Gasteiger partial charge in [-0.15, -0.1) is 0 Å². The summed E-state index contributed by atoms with van der Waals surface area (Å²) in [5.74, 6) is 0.869. The standard InChI is InChI=1S/C11H12BrN5/c12-11-16-9-2-4-14-6-8(9)10(17-11)15-7-1-3-13-5-7/h1,3,5,13-14H,2,4,6H2,(H,15,16,17). The molecule has 0 aromatic carbocycles. The molecule has 5 nitrogen and oxygen atoms in total. The largest absolute Gasteiger partial charge is 0.366 e. The van der Waals surface area contributed by atoms with Gasteiger partial charge in [-0.05, 0) is 22.0 Å². The van der Waals surface area contributed by atoms with Crippen molar-refractivity contribution >= 4 is 27.4 Å². The summed E-state index contributed by atoms with van der Waals surface area (Å²) < 4.78 is 0.635. The van der Waals surface area contributed by atoms with E-state index in [0.717, 1.165) is 42.3 Å². The first-order valence-electron chi connectivity index (χ1n) is 5.49. The zero-order valence-corrected chi connectivity index (χ0v) is 10.7. The SMILES string of the molecule is Brc1nc2c(c(Nc3cc[nH]c3)n1)CNCC2. The summed E-state index contributed by atoms with van der Waals surface area (Å²) in [6, 6.07) is 1.97. The summed E-state index contributed by atoms with van der Waals surface area (Å²) >= 11 is 3.35. The number of aromatic nitrogens is 3. The second-order valence-corrected chi connectivity index (χ2v) is 4.63. The number of anilines is 2. The third-order valence-electron chi connectivity index (χ3n) is 2.77. The smallest absolute Gasteiger partial charge is 0.198 e. The third-order valence-corrected chi connectivity index (χ3v) is 3.12. The Balaban J connectivity index is 2.00. The maximum Gasteiger partial charge on any atom is 0.198 e. The fourth-order valence-electron chi connectivity index (χ4n) is 1.95. The number of halogens is 1. The summed E-state index contributed by atoms with van der Waals surface area (Å²) in [5, 5.41) is 6.64. The average molecular weight is 294 g/mol. The number of aromatic amines is 1. The predicted octanol–water partition coefficient (Wildman–Crippen LogP) is 1.96. The minimum atomic E-state index is 0.635. The van der Waals surface area contributed by atoms with Gasteiger partial charge in [-0.25, -0.2) is 9.97 Å². The molecule has 0 saturated carbocycles. The molecule has 0 amide bonds. The molecule has 0 aliphatic carbocycles. The molecule has 0 bridgehead atoms. The van der Waals surface area contributed by atoms with Crippen molar-refractivity contribution in [1.29, 1.82) is 0 Å². The molecule has 88 valence electrons. The van der Waals surface area contributed by atoms with Gasteiger partial charge < -0.3 is 15.6 Å². The Morgan fingerprint density at radius 2 is 2.29 bits per heavy atom. The molecule has 1 aliphatic heterocycles. The lowest BCUT2D eigenvalue weighted by Gasteiger charge is -2.19. The van der Waals surface area contributed by atoms with E-state index in [1.54, 1.807) is 0 Å². The molecule has 0 unspecified atom stereocenters. The average Bonchev–Trinajstić information content (AvgIpc) is 2.81. The molecule has 0 fully saturated rings. The van der Waals surface area contributed by atoms with Crippen molar-refractivity contribution in [2.24, 2.45) is 0 Å². The molecule has 0 spiro atoms. The summed E-state index contributed by atoms with van der Waals surface area (Å²) in [5.41, 5.74) is 3.27. The van der Waals surface area contributed by atoms with Crippen LogP contribution in [-0.2, 0) is 13.0 Å². The molecular formula is C11H12BrN5. The Morgan fingerprint density at radius 3 is 3.12 bits per heavy atom. The van der Waals surface area contributed by atoms with E-state index in [4.69, 9.17) is 0 Å². The number of rotatable bonds is 2. The van der Waals surface area contributed by atoms with Crippen LogP contribution in [0.25, 0.3) is 0 Å². The monoisotopic (exact) mass is 293 g/mol. The Hall–Kier alpha value is -1.40. The molecule has 6 heteroatoms. The Bertz CT molecular complexity index is 523. The van der Waals surface area contributed by atoms with Gasteiger partial charge >= 0.3 is 0 Å². The van der Waals surface area contributed by atoms with E-state index in [-0.39, 0.29) is 0 Å². The molecule has 3 rings (SSSR count). The minimum Gasteiger partial charge on any atom is -0.366 e. The van der Waals surface area contributed by atoms with E-state index in [9.17, 15) is 0 Å². The van der Waals surface area contributed by atoms with Gasteiger partial charge in [0.05, 0.1) is 11.4 Å². The number of nitrogens with zero attached hydrogens (tertiary/aromatic N) is 2. The van der Waals surface area contributed by atoms with Crippen LogP contribution in [0.3, 0.4) is 0 Å². The predicted molar refractivity (Wildman–Crippen MR) is 69.2 cm³/mol. The van der Waals surface area contributed by atoms with Gasteiger partial charge in [-0.3, -0.25) is 0 Å². The zero-order valence-electron chi connectivity index (χ0n) is 9.13. The van der Waals surface area contributed by atoms with Crippen molar-refractivity contribution in [3.63, 3.8) is 0 Å². The second kappa shape index (κ2) is 4.46. The molecule has 0 saturated heterocycles. The van der Waals surface area contributed by atoms with Crippen LogP contribution >= 0.6 is 15.9 Å². The highest BCUT2D eigenvalue weighted by atomic mass is 79.9. The Kier molecular flexibility index (Phi) is 2.82. The van der Waals surface area contributed by atoms with Crippen molar-refractivity contribution in [3.8, 4) is 0 Å². The molecular weight excluding hydrogens is 282 g/mol. The van der Waals surface area contributed by atoms with Gasteiger partial charge in [-0.1, -0.05) is 0 Å². The lowest BCUT2D eigenvalue weighted by molar-refractivity contribution is 0.626. The van der Waals surface area contributed by atoms with Gasteiger partial charge in [0, 0.05) is 37.5 Å². The van der Waals surface area contributed by atoms with E-state index >= 15 is 0 Å². The maximum absolute atomic E-state index is 4.42. The first-order valence-corrected chi connectivity index (χ1v) is 6.28. The topological polar surface area (TPSA) is 65.6 Å². The van der Waals surface area contributed by atoms with Crippen molar-refractivity contribution in [2.75, 3.05) is 11.9 Å².